The third kappa shape index (κ3) is 3.13. The Labute approximate surface area is 126 Å². The Kier molecular flexibility index (Phi) is 4.67. The lowest BCUT2D eigenvalue weighted by molar-refractivity contribution is 0.270. The number of aromatic nitrogens is 2. The average molecular weight is 340 g/mol. The van der Waals surface area contributed by atoms with Crippen molar-refractivity contribution in [3.8, 4) is 5.75 Å². The van der Waals surface area contributed by atoms with Crippen molar-refractivity contribution in [2.24, 2.45) is 0 Å². The first-order valence-electron chi connectivity index (χ1n) is 6.39. The smallest absolute Gasteiger partial charge is 0.127 e. The maximum Gasteiger partial charge on any atom is 0.127 e. The van der Waals surface area contributed by atoms with Crippen molar-refractivity contribution in [1.82, 2.24) is 9.78 Å². The average Bonchev–Trinajstić information content (AvgIpc) is 2.67. The lowest BCUT2D eigenvalue weighted by Gasteiger charge is -2.11. The molecule has 1 aromatic carbocycles. The number of aliphatic hydroxyl groups is 1. The van der Waals surface area contributed by atoms with Crippen molar-refractivity contribution < 1.29 is 10.2 Å². The molecule has 0 saturated carbocycles. The highest BCUT2D eigenvalue weighted by molar-refractivity contribution is 9.10. The molecule has 20 heavy (non-hydrogen) atoms. The molecule has 1 aromatic heterocycles. The van der Waals surface area contributed by atoms with Crippen LogP contribution in [0.2, 0.25) is 0 Å². The molecule has 2 rings (SSSR count). The van der Waals surface area contributed by atoms with Crippen molar-refractivity contribution in [2.45, 2.75) is 26.9 Å². The molecule has 0 aliphatic rings. The monoisotopic (exact) mass is 339 g/mol. The van der Waals surface area contributed by atoms with Gasteiger partial charge in [0.2, 0.25) is 0 Å². The van der Waals surface area contributed by atoms with Gasteiger partial charge in [-0.1, -0.05) is 15.9 Å². The number of aryl methyl sites for hydroxylation is 1. The normalized spacial score (nSPS) is 10.8. The predicted molar refractivity (Wildman–Crippen MR) is 81.9 cm³/mol. The van der Waals surface area contributed by atoms with Crippen molar-refractivity contribution in [2.75, 3.05) is 11.9 Å². The molecule has 1 heterocycles. The summed E-state index contributed by atoms with van der Waals surface area (Å²) in [6.07, 6.45) is 0. The molecule has 0 amide bonds. The molecule has 0 bridgehead atoms. The minimum atomic E-state index is 0.0391. The summed E-state index contributed by atoms with van der Waals surface area (Å²) in [6.45, 7) is 4.89. The van der Waals surface area contributed by atoms with E-state index in [1.165, 1.54) is 0 Å². The van der Waals surface area contributed by atoms with Crippen LogP contribution in [0.25, 0.3) is 0 Å². The Morgan fingerprint density at radius 1 is 1.35 bits per heavy atom. The molecule has 0 atom stereocenters. The van der Waals surface area contributed by atoms with E-state index in [1.807, 2.05) is 19.9 Å². The molecule has 0 fully saturated rings. The van der Waals surface area contributed by atoms with Gasteiger partial charge in [0, 0.05) is 22.1 Å². The van der Waals surface area contributed by atoms with Gasteiger partial charge in [0.15, 0.2) is 0 Å². The van der Waals surface area contributed by atoms with E-state index >= 15 is 0 Å². The number of nitrogens with zero attached hydrogens (tertiary/aromatic N) is 2. The van der Waals surface area contributed by atoms with E-state index in [1.54, 1.807) is 16.8 Å². The number of halogens is 1. The van der Waals surface area contributed by atoms with Crippen LogP contribution in [0.4, 0.5) is 5.82 Å². The van der Waals surface area contributed by atoms with Crippen LogP contribution in [0.5, 0.6) is 5.75 Å². The minimum Gasteiger partial charge on any atom is -0.508 e. The predicted octanol–water partition coefficient (Wildman–Crippen LogP) is 2.57. The van der Waals surface area contributed by atoms with Crippen molar-refractivity contribution >= 4 is 21.7 Å². The molecule has 108 valence electrons. The van der Waals surface area contributed by atoms with Gasteiger partial charge in [-0.3, -0.25) is 0 Å². The van der Waals surface area contributed by atoms with Gasteiger partial charge in [-0.25, -0.2) is 4.68 Å². The second-order valence-electron chi connectivity index (χ2n) is 4.63. The molecule has 0 radical (unpaired) electrons. The molecule has 2 aromatic rings. The fourth-order valence-corrected chi connectivity index (χ4v) is 2.43. The zero-order chi connectivity index (χ0) is 14.7. The Bertz CT molecular complexity index is 611. The van der Waals surface area contributed by atoms with Crippen LogP contribution in [-0.2, 0) is 13.1 Å². The molecule has 0 saturated heterocycles. The van der Waals surface area contributed by atoms with Gasteiger partial charge < -0.3 is 15.5 Å². The molecule has 0 aliphatic carbocycles. The van der Waals surface area contributed by atoms with Crippen LogP contribution >= 0.6 is 15.9 Å². The first-order valence-corrected chi connectivity index (χ1v) is 7.18. The summed E-state index contributed by atoms with van der Waals surface area (Å²) in [4.78, 5) is 0. The molecule has 0 unspecified atom stereocenters. The fourth-order valence-electron chi connectivity index (χ4n) is 2.03. The van der Waals surface area contributed by atoms with E-state index in [2.05, 4.69) is 26.3 Å². The first kappa shape index (κ1) is 14.9. The highest BCUT2D eigenvalue weighted by Crippen LogP contribution is 2.24. The van der Waals surface area contributed by atoms with Gasteiger partial charge >= 0.3 is 0 Å². The number of rotatable bonds is 5. The Morgan fingerprint density at radius 3 is 2.80 bits per heavy atom. The van der Waals surface area contributed by atoms with Crippen LogP contribution in [0, 0.1) is 13.8 Å². The number of hydrogen-bond acceptors (Lipinski definition) is 4. The highest BCUT2D eigenvalue weighted by atomic mass is 79.9. The van der Waals surface area contributed by atoms with Crippen molar-refractivity contribution in [3.05, 3.63) is 39.5 Å². The lowest BCUT2D eigenvalue weighted by atomic mass is 10.2. The van der Waals surface area contributed by atoms with Crippen LogP contribution in [0.15, 0.2) is 22.7 Å². The summed E-state index contributed by atoms with van der Waals surface area (Å²) in [6, 6.07) is 5.33. The summed E-state index contributed by atoms with van der Waals surface area (Å²) in [5.41, 5.74) is 2.78. The zero-order valence-corrected chi connectivity index (χ0v) is 13.1. The zero-order valence-electron chi connectivity index (χ0n) is 11.5. The van der Waals surface area contributed by atoms with Gasteiger partial charge in [0.05, 0.1) is 18.8 Å². The van der Waals surface area contributed by atoms with Gasteiger partial charge in [-0.15, -0.1) is 0 Å². The number of hydrogen-bond donors (Lipinski definition) is 3. The second kappa shape index (κ2) is 6.28. The number of anilines is 1. The van der Waals surface area contributed by atoms with Gasteiger partial charge in [0.1, 0.15) is 11.6 Å². The Morgan fingerprint density at radius 2 is 2.10 bits per heavy atom. The molecular formula is C14H18BrN3O2. The highest BCUT2D eigenvalue weighted by Gasteiger charge is 2.11. The number of nitrogens with one attached hydrogen (secondary N) is 1. The maximum atomic E-state index is 9.84. The molecule has 6 heteroatoms. The van der Waals surface area contributed by atoms with E-state index in [0.29, 0.717) is 13.1 Å². The second-order valence-corrected chi connectivity index (χ2v) is 5.55. The van der Waals surface area contributed by atoms with E-state index in [-0.39, 0.29) is 12.4 Å². The summed E-state index contributed by atoms with van der Waals surface area (Å²) < 4.78 is 2.67. The van der Waals surface area contributed by atoms with Gasteiger partial charge in [-0.2, -0.15) is 5.10 Å². The van der Waals surface area contributed by atoms with E-state index < -0.39 is 0 Å². The molecule has 5 nitrogen and oxygen atoms in total. The van der Waals surface area contributed by atoms with Crippen LogP contribution < -0.4 is 5.32 Å². The molecular weight excluding hydrogens is 322 g/mol. The maximum absolute atomic E-state index is 9.84. The van der Waals surface area contributed by atoms with Gasteiger partial charge in [0.25, 0.3) is 0 Å². The largest absolute Gasteiger partial charge is 0.508 e. The fraction of sp³-hybridized carbons (Fsp3) is 0.357. The SMILES string of the molecule is Cc1nn(CCO)c(NCc2cc(Br)ccc2O)c1C. The molecule has 0 spiro atoms. The van der Waals surface area contributed by atoms with E-state index in [4.69, 9.17) is 5.11 Å². The minimum absolute atomic E-state index is 0.0391. The number of benzene rings is 1. The summed E-state index contributed by atoms with van der Waals surface area (Å²) in [5, 5.41) is 26.6. The quantitative estimate of drug-likeness (QED) is 0.782. The Hall–Kier alpha value is -1.53. The van der Waals surface area contributed by atoms with E-state index in [0.717, 1.165) is 27.1 Å². The summed E-state index contributed by atoms with van der Waals surface area (Å²) in [5.74, 6) is 1.12. The molecule has 3 N–H and O–H groups in total. The van der Waals surface area contributed by atoms with Crippen molar-refractivity contribution in [3.63, 3.8) is 0 Å². The first-order chi connectivity index (χ1) is 9.52. The topological polar surface area (TPSA) is 70.3 Å². The lowest BCUT2D eigenvalue weighted by Crippen LogP contribution is -2.11. The van der Waals surface area contributed by atoms with Crippen LogP contribution in [-0.4, -0.2) is 26.6 Å². The van der Waals surface area contributed by atoms with Gasteiger partial charge in [-0.05, 0) is 32.0 Å². The van der Waals surface area contributed by atoms with E-state index in [9.17, 15) is 5.11 Å². The number of phenolic OH excluding ortho intramolecular Hbond substituents is 1. The summed E-state index contributed by atoms with van der Waals surface area (Å²) >= 11 is 3.39. The number of aromatic hydroxyl groups is 1. The third-order valence-electron chi connectivity index (χ3n) is 3.23. The van der Waals surface area contributed by atoms with Crippen LogP contribution in [0.3, 0.4) is 0 Å². The molecule has 0 aliphatic heterocycles. The van der Waals surface area contributed by atoms with Crippen LogP contribution in [0.1, 0.15) is 16.8 Å². The van der Waals surface area contributed by atoms with Crippen molar-refractivity contribution in [1.29, 1.82) is 0 Å². The number of phenols is 1. The standard InChI is InChI=1S/C14H18BrN3O2/c1-9-10(2)17-18(5-6-19)14(9)16-8-11-7-12(15)3-4-13(11)20/h3-4,7,16,19-20H,5-6,8H2,1-2H3. The Balaban J connectivity index is 2.20. The third-order valence-corrected chi connectivity index (χ3v) is 3.72. The number of aliphatic hydroxyl groups excluding tert-OH is 1. The summed E-state index contributed by atoms with van der Waals surface area (Å²) in [7, 11) is 0.